The first-order valence-electron chi connectivity index (χ1n) is 9.04. The van der Waals surface area contributed by atoms with Crippen LogP contribution in [0.3, 0.4) is 0 Å². The average molecular weight is 343 g/mol. The van der Waals surface area contributed by atoms with Crippen molar-refractivity contribution in [2.24, 2.45) is 16.7 Å². The number of carbonyl (C=O) groups excluding carboxylic acids is 1. The first kappa shape index (κ1) is 17.8. The second-order valence-electron chi connectivity index (χ2n) is 7.92. The van der Waals surface area contributed by atoms with Crippen LogP contribution >= 0.6 is 0 Å². The van der Waals surface area contributed by atoms with Gasteiger partial charge in [-0.3, -0.25) is 4.79 Å². The molecule has 1 N–H and O–H groups in total. The predicted molar refractivity (Wildman–Crippen MR) is 99.0 cm³/mol. The molecular weight excluding hydrogens is 314 g/mol. The minimum atomic E-state index is -0.342. The smallest absolute Gasteiger partial charge is 0.230 e. The van der Waals surface area contributed by atoms with E-state index in [1.165, 1.54) is 0 Å². The van der Waals surface area contributed by atoms with Crippen molar-refractivity contribution in [2.45, 2.75) is 39.5 Å². The zero-order valence-electron chi connectivity index (χ0n) is 15.8. The Morgan fingerprint density at radius 1 is 1.28 bits per heavy atom. The van der Waals surface area contributed by atoms with Gasteiger partial charge < -0.3 is 14.8 Å². The standard InChI is InChI=1S/C21H29NO3/c1-14-20(2,3)16-8-10-21(14,13-16)19(23)22-11-9-15-6-7-17(24-4)18(12-15)25-5/h6-7,12,16H,1,8-11,13H2,2-5H3,(H,22,23)/t16-,21-/m0/s1. The molecule has 0 heterocycles. The molecule has 2 saturated carbocycles. The number of carbonyl (C=O) groups is 1. The van der Waals surface area contributed by atoms with Crippen LogP contribution in [0.4, 0.5) is 0 Å². The van der Waals surface area contributed by atoms with Gasteiger partial charge in [0.2, 0.25) is 5.91 Å². The quantitative estimate of drug-likeness (QED) is 0.800. The van der Waals surface area contributed by atoms with Gasteiger partial charge in [-0.1, -0.05) is 32.1 Å². The Balaban J connectivity index is 1.61. The van der Waals surface area contributed by atoms with Crippen molar-refractivity contribution >= 4 is 5.91 Å². The molecule has 2 aliphatic rings. The lowest BCUT2D eigenvalue weighted by Gasteiger charge is -2.37. The summed E-state index contributed by atoms with van der Waals surface area (Å²) in [5.41, 5.74) is 1.98. The molecule has 2 atom stereocenters. The molecule has 3 rings (SSSR count). The largest absolute Gasteiger partial charge is 0.493 e. The first-order chi connectivity index (χ1) is 11.8. The molecular formula is C21H29NO3. The highest BCUT2D eigenvalue weighted by Gasteiger charge is 2.60. The first-order valence-corrected chi connectivity index (χ1v) is 9.04. The highest BCUT2D eigenvalue weighted by atomic mass is 16.5. The van der Waals surface area contributed by atoms with E-state index in [0.29, 0.717) is 12.5 Å². The molecule has 1 amide bonds. The van der Waals surface area contributed by atoms with Crippen molar-refractivity contribution in [3.8, 4) is 11.5 Å². The Labute approximate surface area is 150 Å². The van der Waals surface area contributed by atoms with Gasteiger partial charge in [-0.25, -0.2) is 0 Å². The molecule has 4 heteroatoms. The minimum absolute atomic E-state index is 0.0823. The number of hydrogen-bond acceptors (Lipinski definition) is 3. The van der Waals surface area contributed by atoms with E-state index in [4.69, 9.17) is 9.47 Å². The van der Waals surface area contributed by atoms with Crippen LogP contribution in [0.25, 0.3) is 0 Å². The van der Waals surface area contributed by atoms with E-state index in [1.807, 2.05) is 18.2 Å². The molecule has 0 saturated heterocycles. The third-order valence-electron chi connectivity index (χ3n) is 6.47. The number of fused-ring (bicyclic) bond motifs is 2. The fourth-order valence-corrected chi connectivity index (χ4v) is 4.67. The molecule has 1 aromatic rings. The number of amides is 1. The summed E-state index contributed by atoms with van der Waals surface area (Å²) in [5.74, 6) is 2.19. The van der Waals surface area contributed by atoms with E-state index in [9.17, 15) is 4.79 Å². The highest BCUT2D eigenvalue weighted by Crippen LogP contribution is 2.65. The van der Waals surface area contributed by atoms with E-state index < -0.39 is 0 Å². The van der Waals surface area contributed by atoms with Crippen LogP contribution in [0, 0.1) is 16.7 Å². The predicted octanol–water partition coefficient (Wildman–Crippen LogP) is 3.75. The van der Waals surface area contributed by atoms with Gasteiger partial charge in [-0.15, -0.1) is 0 Å². The van der Waals surface area contributed by atoms with E-state index in [2.05, 4.69) is 25.7 Å². The second kappa shape index (κ2) is 6.40. The minimum Gasteiger partial charge on any atom is -0.493 e. The molecule has 4 nitrogen and oxygen atoms in total. The van der Waals surface area contributed by atoms with Gasteiger partial charge in [0.15, 0.2) is 11.5 Å². The molecule has 0 aromatic heterocycles. The van der Waals surface area contributed by atoms with Gasteiger partial charge in [0.05, 0.1) is 19.6 Å². The summed E-state index contributed by atoms with van der Waals surface area (Å²) in [6.45, 7) is 9.39. The molecule has 2 fully saturated rings. The van der Waals surface area contributed by atoms with Crippen LogP contribution in [0.2, 0.25) is 0 Å². The number of hydrogen-bond donors (Lipinski definition) is 1. The Kier molecular flexibility index (Phi) is 4.56. The summed E-state index contributed by atoms with van der Waals surface area (Å²) >= 11 is 0. The highest BCUT2D eigenvalue weighted by molar-refractivity contribution is 5.87. The zero-order chi connectivity index (χ0) is 18.2. The van der Waals surface area contributed by atoms with Crippen molar-refractivity contribution in [2.75, 3.05) is 20.8 Å². The van der Waals surface area contributed by atoms with Crippen molar-refractivity contribution in [1.82, 2.24) is 5.32 Å². The molecule has 0 unspecified atom stereocenters. The summed E-state index contributed by atoms with van der Waals surface area (Å²) in [5, 5.41) is 3.15. The number of benzene rings is 1. The van der Waals surface area contributed by atoms with Crippen LogP contribution < -0.4 is 14.8 Å². The number of methoxy groups -OCH3 is 2. The molecule has 2 aliphatic carbocycles. The van der Waals surface area contributed by atoms with Gasteiger partial charge >= 0.3 is 0 Å². The van der Waals surface area contributed by atoms with E-state index in [0.717, 1.165) is 48.3 Å². The van der Waals surface area contributed by atoms with Crippen LogP contribution in [0.15, 0.2) is 30.4 Å². The van der Waals surface area contributed by atoms with Crippen LogP contribution in [-0.4, -0.2) is 26.7 Å². The van der Waals surface area contributed by atoms with Crippen molar-refractivity contribution < 1.29 is 14.3 Å². The number of nitrogens with one attached hydrogen (secondary N) is 1. The lowest BCUT2D eigenvalue weighted by Crippen LogP contribution is -2.42. The van der Waals surface area contributed by atoms with Crippen molar-refractivity contribution in [3.05, 3.63) is 35.9 Å². The number of rotatable bonds is 6. The van der Waals surface area contributed by atoms with Gasteiger partial charge in [0.25, 0.3) is 0 Å². The third kappa shape index (κ3) is 2.82. The maximum absolute atomic E-state index is 12.9. The van der Waals surface area contributed by atoms with Crippen LogP contribution in [-0.2, 0) is 11.2 Å². The fourth-order valence-electron chi connectivity index (χ4n) is 4.67. The lowest BCUT2D eigenvalue weighted by molar-refractivity contribution is -0.128. The molecule has 2 bridgehead atoms. The Morgan fingerprint density at radius 3 is 2.60 bits per heavy atom. The summed E-state index contributed by atoms with van der Waals surface area (Å²) in [7, 11) is 3.26. The van der Waals surface area contributed by atoms with Gasteiger partial charge in [0.1, 0.15) is 0 Å². The van der Waals surface area contributed by atoms with Gasteiger partial charge in [0, 0.05) is 6.54 Å². The summed E-state index contributed by atoms with van der Waals surface area (Å²) in [6, 6.07) is 5.87. The maximum atomic E-state index is 12.9. The second-order valence-corrected chi connectivity index (χ2v) is 7.92. The molecule has 0 spiro atoms. The summed E-state index contributed by atoms with van der Waals surface area (Å²) in [6.07, 6.45) is 3.81. The van der Waals surface area contributed by atoms with Crippen molar-refractivity contribution in [3.63, 3.8) is 0 Å². The molecule has 0 aliphatic heterocycles. The molecule has 1 aromatic carbocycles. The van der Waals surface area contributed by atoms with Gasteiger partial charge in [-0.2, -0.15) is 0 Å². The normalized spacial score (nSPS) is 26.6. The van der Waals surface area contributed by atoms with Crippen LogP contribution in [0.1, 0.15) is 38.7 Å². The Morgan fingerprint density at radius 2 is 2.00 bits per heavy atom. The SMILES string of the molecule is C=C1C(C)(C)[C@H]2CC[C@]1(C(=O)NCCc1ccc(OC)c(OC)c1)C2. The van der Waals surface area contributed by atoms with E-state index in [1.54, 1.807) is 14.2 Å². The third-order valence-corrected chi connectivity index (χ3v) is 6.47. The van der Waals surface area contributed by atoms with Crippen LogP contribution in [0.5, 0.6) is 11.5 Å². The van der Waals surface area contributed by atoms with E-state index in [-0.39, 0.29) is 16.7 Å². The number of ether oxygens (including phenoxy) is 2. The maximum Gasteiger partial charge on any atom is 0.230 e. The fraction of sp³-hybridized carbons (Fsp3) is 0.571. The molecule has 25 heavy (non-hydrogen) atoms. The molecule has 0 radical (unpaired) electrons. The lowest BCUT2D eigenvalue weighted by atomic mass is 9.68. The Hall–Kier alpha value is -1.97. The molecule has 136 valence electrons. The summed E-state index contributed by atoms with van der Waals surface area (Å²) < 4.78 is 10.6. The Bertz CT molecular complexity index is 694. The van der Waals surface area contributed by atoms with Gasteiger partial charge in [-0.05, 0) is 54.7 Å². The van der Waals surface area contributed by atoms with E-state index >= 15 is 0 Å². The average Bonchev–Trinajstić information content (AvgIpc) is 3.14. The summed E-state index contributed by atoms with van der Waals surface area (Å²) in [4.78, 5) is 12.9. The zero-order valence-corrected chi connectivity index (χ0v) is 15.8. The topological polar surface area (TPSA) is 47.6 Å². The monoisotopic (exact) mass is 343 g/mol. The van der Waals surface area contributed by atoms with Crippen molar-refractivity contribution in [1.29, 1.82) is 0 Å².